The first-order valence-electron chi connectivity index (χ1n) is 7.01. The first-order chi connectivity index (χ1) is 10.5. The average molecular weight is 421 g/mol. The summed E-state index contributed by atoms with van der Waals surface area (Å²) in [4.78, 5) is 0. The van der Waals surface area contributed by atoms with Crippen LogP contribution >= 0.6 is 0 Å². The topological polar surface area (TPSA) is 36.9 Å². The maximum Gasteiger partial charge on any atom is 0.458 e. The molecule has 0 bridgehead atoms. The summed E-state index contributed by atoms with van der Waals surface area (Å²) in [5.41, 5.74) is 0. The summed E-state index contributed by atoms with van der Waals surface area (Å²) in [5, 5.41) is 0. The third-order valence-corrected chi connectivity index (χ3v) is 14.4. The Bertz CT molecular complexity index is 411. The SMILES string of the molecule is C[Si]1(C)O[SiH](CCCOC(F)(C(F)(F)F)C(F)(F)F)O[Si](C)(C)O1. The van der Waals surface area contributed by atoms with E-state index in [-0.39, 0.29) is 12.5 Å². The monoisotopic (exact) mass is 420 g/mol. The fourth-order valence-corrected chi connectivity index (χ4v) is 15.3. The molecule has 1 aliphatic heterocycles. The second-order valence-corrected chi connectivity index (χ2v) is 15.9. The van der Waals surface area contributed by atoms with Gasteiger partial charge in [-0.05, 0) is 38.7 Å². The van der Waals surface area contributed by atoms with Crippen LogP contribution in [0.1, 0.15) is 6.42 Å². The lowest BCUT2D eigenvalue weighted by atomic mass is 10.3. The van der Waals surface area contributed by atoms with E-state index in [0.717, 1.165) is 0 Å². The molecule has 1 rings (SSSR count). The van der Waals surface area contributed by atoms with Crippen LogP contribution in [0, 0.1) is 0 Å². The van der Waals surface area contributed by atoms with Crippen LogP contribution in [-0.2, 0) is 17.1 Å². The summed E-state index contributed by atoms with van der Waals surface area (Å²) in [5.74, 6) is -5.68. The first-order valence-corrected chi connectivity index (χ1v) is 14.4. The van der Waals surface area contributed by atoms with Crippen LogP contribution in [0.25, 0.3) is 0 Å². The van der Waals surface area contributed by atoms with Crippen molar-refractivity contribution in [1.29, 1.82) is 0 Å². The maximum atomic E-state index is 13.3. The van der Waals surface area contributed by atoms with E-state index in [9.17, 15) is 30.7 Å². The normalized spacial score (nSPS) is 22.6. The predicted octanol–water partition coefficient (Wildman–Crippen LogP) is 3.87. The van der Waals surface area contributed by atoms with Gasteiger partial charge >= 0.3 is 44.6 Å². The number of rotatable bonds is 5. The molecule has 0 saturated carbocycles. The maximum absolute atomic E-state index is 13.3. The Hall–Kier alpha value is 0.000649. The molecule has 0 spiro atoms. The van der Waals surface area contributed by atoms with Crippen molar-refractivity contribution < 1.29 is 47.8 Å². The molecule has 0 amide bonds. The number of hydrogen-bond acceptors (Lipinski definition) is 4. The van der Waals surface area contributed by atoms with Gasteiger partial charge in [-0.25, -0.2) is 0 Å². The first kappa shape index (κ1) is 22.0. The summed E-state index contributed by atoms with van der Waals surface area (Å²) in [7, 11) is -7.16. The Morgan fingerprint density at radius 2 is 1.25 bits per heavy atom. The molecule has 144 valence electrons. The lowest BCUT2D eigenvalue weighted by molar-refractivity contribution is -0.429. The van der Waals surface area contributed by atoms with Crippen molar-refractivity contribution in [2.75, 3.05) is 6.61 Å². The van der Waals surface area contributed by atoms with Crippen molar-refractivity contribution in [3.63, 3.8) is 0 Å². The predicted molar refractivity (Wildman–Crippen MR) is 76.7 cm³/mol. The van der Waals surface area contributed by atoms with Gasteiger partial charge in [-0.1, -0.05) is 0 Å². The zero-order chi connectivity index (χ0) is 19.0. The molecule has 1 fully saturated rings. The molecule has 0 aliphatic carbocycles. The smallest absolute Gasteiger partial charge is 0.418 e. The third-order valence-electron chi connectivity index (χ3n) is 2.94. The van der Waals surface area contributed by atoms with Gasteiger partial charge in [0.25, 0.3) is 0 Å². The fourth-order valence-electron chi connectivity index (χ4n) is 2.20. The standard InChI is InChI=1S/C10H19F7O4Si3/c1-23(2)19-22(20-24(3,4)21-23)7-5-6-18-8(11,9(12,13)14)10(15,16)17/h22H,5-7H2,1-4H3. The molecule has 4 nitrogen and oxygen atoms in total. The minimum Gasteiger partial charge on any atom is -0.418 e. The van der Waals surface area contributed by atoms with Crippen molar-refractivity contribution in [2.45, 2.75) is 56.9 Å². The Morgan fingerprint density at radius 1 is 0.833 bits per heavy atom. The van der Waals surface area contributed by atoms with Crippen LogP contribution in [0.4, 0.5) is 30.7 Å². The van der Waals surface area contributed by atoms with E-state index in [2.05, 4.69) is 4.74 Å². The molecule has 24 heavy (non-hydrogen) atoms. The lowest BCUT2D eigenvalue weighted by Gasteiger charge is -2.42. The Morgan fingerprint density at radius 3 is 1.62 bits per heavy atom. The second-order valence-electron chi connectivity index (χ2n) is 6.15. The summed E-state index contributed by atoms with van der Waals surface area (Å²) in [6.45, 7) is 6.05. The summed E-state index contributed by atoms with van der Waals surface area (Å²) in [6, 6.07) is 0.0992. The average Bonchev–Trinajstić information content (AvgIpc) is 2.27. The number of hydrogen-bond donors (Lipinski definition) is 0. The van der Waals surface area contributed by atoms with E-state index in [1.54, 1.807) is 26.2 Å². The summed E-state index contributed by atoms with van der Waals surface area (Å²) < 4.78 is 108. The van der Waals surface area contributed by atoms with Crippen molar-refractivity contribution >= 4 is 26.4 Å². The van der Waals surface area contributed by atoms with Gasteiger partial charge in [-0.3, -0.25) is 0 Å². The Balaban J connectivity index is 2.58. The Kier molecular flexibility index (Phi) is 6.39. The molecule has 0 unspecified atom stereocenters. The van der Waals surface area contributed by atoms with Crippen LogP contribution in [0.3, 0.4) is 0 Å². The highest BCUT2D eigenvalue weighted by Crippen LogP contribution is 2.47. The van der Waals surface area contributed by atoms with Gasteiger partial charge in [0, 0.05) is 0 Å². The quantitative estimate of drug-likeness (QED) is 0.384. The largest absolute Gasteiger partial charge is 0.458 e. The van der Waals surface area contributed by atoms with E-state index in [4.69, 9.17) is 12.3 Å². The number of halogens is 7. The van der Waals surface area contributed by atoms with Gasteiger partial charge in [-0.15, -0.1) is 0 Å². The highest BCUT2D eigenvalue weighted by atomic mass is 28.5. The minimum atomic E-state index is -6.21. The molecule has 1 heterocycles. The van der Waals surface area contributed by atoms with Gasteiger partial charge in [0.1, 0.15) is 0 Å². The van der Waals surface area contributed by atoms with Crippen LogP contribution in [0.15, 0.2) is 0 Å². The van der Waals surface area contributed by atoms with E-state index in [1.807, 2.05) is 0 Å². The van der Waals surface area contributed by atoms with Gasteiger partial charge in [0.2, 0.25) is 0 Å². The summed E-state index contributed by atoms with van der Waals surface area (Å²) >= 11 is 0. The van der Waals surface area contributed by atoms with Crippen molar-refractivity contribution in [3.8, 4) is 0 Å². The number of ether oxygens (including phenoxy) is 1. The summed E-state index contributed by atoms with van der Waals surface area (Å²) in [6.07, 6.45) is -12.7. The van der Waals surface area contributed by atoms with Crippen molar-refractivity contribution in [1.82, 2.24) is 0 Å². The molecular weight excluding hydrogens is 401 g/mol. The molecule has 1 saturated heterocycles. The zero-order valence-corrected chi connectivity index (χ0v) is 16.6. The molecular formula is C10H19F7O4Si3. The highest BCUT2D eigenvalue weighted by Gasteiger charge is 2.74. The van der Waals surface area contributed by atoms with Gasteiger partial charge in [0.05, 0.1) is 6.61 Å². The van der Waals surface area contributed by atoms with Crippen LogP contribution in [-0.4, -0.2) is 51.2 Å². The molecule has 14 heteroatoms. The molecule has 0 atom stereocenters. The molecule has 0 N–H and O–H groups in total. The zero-order valence-electron chi connectivity index (χ0n) is 13.5. The molecule has 0 aromatic heterocycles. The molecule has 0 radical (unpaired) electrons. The van der Waals surface area contributed by atoms with Crippen LogP contribution < -0.4 is 0 Å². The van der Waals surface area contributed by atoms with Gasteiger partial charge < -0.3 is 17.1 Å². The lowest BCUT2D eigenvalue weighted by Crippen LogP contribution is -2.59. The number of alkyl halides is 7. The van der Waals surface area contributed by atoms with Crippen molar-refractivity contribution in [3.05, 3.63) is 0 Å². The van der Waals surface area contributed by atoms with Crippen LogP contribution in [0.2, 0.25) is 32.2 Å². The minimum absolute atomic E-state index is 0.0992. The van der Waals surface area contributed by atoms with E-state index in [0.29, 0.717) is 0 Å². The Labute approximate surface area is 138 Å². The molecule has 1 aliphatic rings. The molecule has 0 aromatic rings. The van der Waals surface area contributed by atoms with Crippen LogP contribution in [0.5, 0.6) is 0 Å². The third kappa shape index (κ3) is 5.50. The van der Waals surface area contributed by atoms with Gasteiger partial charge in [-0.2, -0.15) is 30.7 Å². The molecule has 0 aromatic carbocycles. The second kappa shape index (κ2) is 6.96. The van der Waals surface area contributed by atoms with E-state index >= 15 is 0 Å². The fraction of sp³-hybridized carbons (Fsp3) is 1.00. The van der Waals surface area contributed by atoms with E-state index < -0.39 is 51.2 Å². The van der Waals surface area contributed by atoms with E-state index in [1.165, 1.54) is 0 Å². The highest BCUT2D eigenvalue weighted by molar-refractivity contribution is 6.87. The van der Waals surface area contributed by atoms with Crippen molar-refractivity contribution in [2.24, 2.45) is 0 Å². The van der Waals surface area contributed by atoms with Gasteiger partial charge in [0.15, 0.2) is 0 Å².